The minimum atomic E-state index is -4.89. The maximum atomic E-state index is 14.6. The van der Waals surface area contributed by atoms with Gasteiger partial charge in [0.1, 0.15) is 73.5 Å². The Morgan fingerprint density at radius 3 is 1.36 bits per heavy atom. The van der Waals surface area contributed by atoms with Crippen LogP contribution < -0.4 is 45.0 Å². The summed E-state index contributed by atoms with van der Waals surface area (Å²) in [5, 5.41) is 9.31. The van der Waals surface area contributed by atoms with Crippen LogP contribution in [0.5, 0.6) is 0 Å². The van der Waals surface area contributed by atoms with Gasteiger partial charge in [0.25, 0.3) is 22.2 Å². The topological polar surface area (TPSA) is 507 Å². The molecule has 4 fully saturated rings. The number of imidazole rings is 1. The average Bonchev–Trinajstić information content (AvgIpc) is 1.63. The van der Waals surface area contributed by atoms with E-state index < -0.39 is 192 Å². The molecule has 4 saturated heterocycles. The Morgan fingerprint density at radius 2 is 0.927 bits per heavy atom. The van der Waals surface area contributed by atoms with Crippen LogP contribution in [0, 0.1) is 20.8 Å². The number of aromatic amines is 4. The lowest BCUT2D eigenvalue weighted by Gasteiger charge is -2.28. The van der Waals surface area contributed by atoms with E-state index in [4.69, 9.17) is 79.4 Å². The highest BCUT2D eigenvalue weighted by Crippen LogP contribution is 2.62. The van der Waals surface area contributed by atoms with Gasteiger partial charge in [-0.1, -0.05) is 61.2 Å². The summed E-state index contributed by atoms with van der Waals surface area (Å²) in [4.78, 5) is 107. The minimum Gasteiger partial charge on any atom is -0.396 e. The summed E-state index contributed by atoms with van der Waals surface area (Å²) < 4.78 is 167. The van der Waals surface area contributed by atoms with Crippen LogP contribution in [0.4, 0.5) is 5.95 Å². The van der Waals surface area contributed by atoms with E-state index >= 15 is 0 Å². The number of aliphatic hydroxyl groups excluding tert-OH is 1. The number of H-pyrrole nitrogens is 4. The van der Waals surface area contributed by atoms with Gasteiger partial charge >= 0.3 is 51.1 Å². The van der Waals surface area contributed by atoms with Crippen LogP contribution in [-0.2, 0) is 96.5 Å². The lowest BCUT2D eigenvalue weighted by atomic mass is 10.1. The van der Waals surface area contributed by atoms with Crippen LogP contribution in [0.25, 0.3) is 11.2 Å². The number of rotatable bonds is 31. The third-order valence-electron chi connectivity index (χ3n) is 15.0. The second kappa shape index (κ2) is 31.3. The molecule has 50 heteroatoms. The highest BCUT2D eigenvalue weighted by atomic mass is 32.7. The number of fused-ring (bicyclic) bond motifs is 1. The van der Waals surface area contributed by atoms with Gasteiger partial charge in [0.2, 0.25) is 5.95 Å². The summed E-state index contributed by atoms with van der Waals surface area (Å²) in [6.07, 6.45) is -16.3. The van der Waals surface area contributed by atoms with Crippen molar-refractivity contribution in [3.8, 4) is 0 Å². The van der Waals surface area contributed by atoms with Crippen LogP contribution in [-0.4, -0.2) is 175 Å². The molecule has 0 aromatic carbocycles. The number of hydrogen-bond acceptors (Lipinski definition) is 32. The molecule has 0 amide bonds. The average molecular weight is 1550 g/mol. The lowest BCUT2D eigenvalue weighted by molar-refractivity contribution is -0.0625. The van der Waals surface area contributed by atoms with E-state index in [1.807, 2.05) is 0 Å². The number of methoxy groups -OCH3 is 2. The number of nitrogen functional groups attached to an aromatic ring is 1. The number of nitrogens with one attached hydrogen (secondary N) is 4. The fourth-order valence-corrected chi connectivity index (χ4v) is 17.1. The number of nitrogens with zero attached hydrogens (tertiary/aromatic N) is 6. The summed E-state index contributed by atoms with van der Waals surface area (Å²) in [6.45, 7) is -22.4. The summed E-state index contributed by atoms with van der Waals surface area (Å²) in [5.41, 5.74) is -0.0242. The first-order chi connectivity index (χ1) is 45.0. The van der Waals surface area contributed by atoms with E-state index in [1.54, 1.807) is 0 Å². The number of hydrogen-bond donors (Lipinski definition) is 11. The van der Waals surface area contributed by atoms with E-state index in [9.17, 15) is 61.5 Å². The van der Waals surface area contributed by atoms with Gasteiger partial charge in [-0.2, -0.15) is 4.98 Å². The van der Waals surface area contributed by atoms with E-state index in [-0.39, 0.29) is 59.9 Å². The minimum absolute atomic E-state index is 0.00906. The van der Waals surface area contributed by atoms with Gasteiger partial charge in [-0.3, -0.25) is 93.6 Å². The SMILES string of the molecule is COC1C(OP(=O)(S)OCCCO)C(COP(=O)(S)OC2C(COP(=O)(S)O[C@@H]3C[C@H](n4cc(C)c(=O)[nH]c4=O)OC3COP(=O)(S)O[C@@H]3C[C@H](n4cnc5c(=O)[nH]c(N)nc54)OC3COP(=O)(S)OC)OC(n3cc(C)c(=O)[nH]c3=O)C2OC)OC1n1cc(C)c(=O)[nH]c1=O. The summed E-state index contributed by atoms with van der Waals surface area (Å²) in [6, 6.07) is 0. The fourth-order valence-electron chi connectivity index (χ4n) is 10.4. The molecule has 7 N–H and O–H groups in total. The summed E-state index contributed by atoms with van der Waals surface area (Å²) in [7, 11) is 3.39. The standard InChI is InChI=1S/C46H66N11O29P5S5/c1-20-12-54(44(63)51-37(20)59)29-10-23(26(79-29)16-76-89(68,94)84-24-11-30(80-25(24)15-75-87(66,92)73-6)57-19-48-31-36(57)49-43(47)50-40(31)62)83-90(69,95)77-17-27-33(35(72-5)42(81-27)56-14-22(3)39(61)53-46(56)65)86-91(70,96)78-18-28-32(85-88(67,93)74-9-7-8-58)34(71-4)41(82-28)55-13-21(2)38(60)52-45(55)64/h12-14,19,23-30,32-35,41-42,58H,7-11,15-18H2,1-6H3,(H,66,92)(H,67,93)(H,68,94)(H,69,95)(H,70,96)(H,51,59,63)(H,52,60,64)(H,53,61,65)(H3,47,49,50,62)/t23-,24-,25?,26?,27?,28?,29-,30-,32?,33?,34?,35?,41?,42?,87?,88?,89?,90?,91?/m1/s1. The summed E-state index contributed by atoms with van der Waals surface area (Å²) >= 11 is 20.7. The molecule has 96 heavy (non-hydrogen) atoms. The molecular formula is C46H66N11O29P5S5. The Morgan fingerprint density at radius 1 is 0.531 bits per heavy atom. The van der Waals surface area contributed by atoms with Crippen molar-refractivity contribution in [2.24, 2.45) is 0 Å². The van der Waals surface area contributed by atoms with Crippen LogP contribution in [0.1, 0.15) is 60.9 Å². The Labute approximate surface area is 566 Å². The predicted octanol–water partition coefficient (Wildman–Crippen LogP) is 2.52. The highest BCUT2D eigenvalue weighted by Gasteiger charge is 2.54. The maximum Gasteiger partial charge on any atom is 0.386 e. The first-order valence-corrected chi connectivity index (χ1v) is 41.7. The number of thiol groups is 5. The van der Waals surface area contributed by atoms with Crippen molar-refractivity contribution in [1.82, 2.24) is 48.2 Å². The van der Waals surface area contributed by atoms with Crippen molar-refractivity contribution in [2.45, 2.75) is 126 Å². The van der Waals surface area contributed by atoms with E-state index in [2.05, 4.69) is 91.1 Å². The van der Waals surface area contributed by atoms with Crippen molar-refractivity contribution >= 4 is 112 Å². The van der Waals surface area contributed by atoms with Crippen molar-refractivity contribution in [2.75, 3.05) is 66.7 Å². The third kappa shape index (κ3) is 18.4. The second-order valence-electron chi connectivity index (χ2n) is 21.5. The largest absolute Gasteiger partial charge is 0.396 e. The Hall–Kier alpha value is -3.59. The number of anilines is 1. The van der Waals surface area contributed by atoms with Gasteiger partial charge in [0.15, 0.2) is 23.6 Å². The molecule has 5 aromatic rings. The van der Waals surface area contributed by atoms with Crippen molar-refractivity contribution < 1.29 is 102 Å². The lowest BCUT2D eigenvalue weighted by Crippen LogP contribution is -2.40. The first kappa shape index (κ1) is 76.6. The van der Waals surface area contributed by atoms with E-state index in [1.165, 1.54) is 45.0 Å². The molecule has 5 aromatic heterocycles. The predicted molar refractivity (Wildman–Crippen MR) is 348 cm³/mol. The number of aliphatic hydroxyl groups is 1. The van der Waals surface area contributed by atoms with Crippen molar-refractivity contribution in [3.05, 3.63) is 114 Å². The second-order valence-corrected chi connectivity index (χ2v) is 36.1. The molecule has 534 valence electrons. The molecule has 4 aliphatic heterocycles. The third-order valence-corrected chi connectivity index (χ3v) is 23.3. The zero-order chi connectivity index (χ0) is 70.1. The molecule has 9 heterocycles. The maximum absolute atomic E-state index is 14.6. The van der Waals surface area contributed by atoms with E-state index in [0.29, 0.717) is 0 Å². The number of nitrogens with two attached hydrogens (primary N) is 1. The zero-order valence-electron chi connectivity index (χ0n) is 50.9. The van der Waals surface area contributed by atoms with Crippen molar-refractivity contribution in [1.29, 1.82) is 0 Å². The molecular weight excluding hydrogens is 1490 g/mol. The Kier molecular flexibility index (Phi) is 25.0. The molecule has 0 saturated carbocycles. The van der Waals surface area contributed by atoms with Gasteiger partial charge in [-0.05, 0) is 27.2 Å². The smallest absolute Gasteiger partial charge is 0.386 e. The molecule has 0 bridgehead atoms. The van der Waals surface area contributed by atoms with Crippen LogP contribution in [0.2, 0.25) is 0 Å². The highest BCUT2D eigenvalue weighted by molar-refractivity contribution is 8.45. The summed E-state index contributed by atoms with van der Waals surface area (Å²) in [5.74, 6) is -0.254. The molecule has 40 nitrogen and oxygen atoms in total. The van der Waals surface area contributed by atoms with Gasteiger partial charge in [-0.15, -0.1) is 0 Å². The first-order valence-electron chi connectivity index (χ1n) is 28.2. The normalized spacial score (nSPS) is 29.3. The molecule has 15 unspecified atom stereocenters. The van der Waals surface area contributed by atoms with Crippen LogP contribution in [0.15, 0.2) is 58.5 Å². The quantitative estimate of drug-likeness (QED) is 0.0172. The molecule has 19 atom stereocenters. The molecule has 4 aliphatic rings. The Bertz CT molecular complexity index is 4360. The van der Waals surface area contributed by atoms with Gasteiger partial charge in [0, 0.05) is 76.1 Å². The molecule has 9 rings (SSSR count). The van der Waals surface area contributed by atoms with Crippen LogP contribution >= 0.6 is 95.2 Å². The molecule has 0 radical (unpaired) electrons. The monoisotopic (exact) mass is 1550 g/mol. The van der Waals surface area contributed by atoms with Gasteiger partial charge in [0.05, 0.1) is 39.4 Å². The van der Waals surface area contributed by atoms with Gasteiger partial charge in [-0.25, -0.2) is 42.2 Å². The Balaban J connectivity index is 0.952. The number of ether oxygens (including phenoxy) is 6. The van der Waals surface area contributed by atoms with Crippen molar-refractivity contribution in [3.63, 3.8) is 0 Å². The van der Waals surface area contributed by atoms with Crippen LogP contribution in [0.3, 0.4) is 0 Å². The molecule has 0 spiro atoms. The van der Waals surface area contributed by atoms with Gasteiger partial charge < -0.3 is 48.3 Å². The fraction of sp³-hybridized carbons (Fsp3) is 0.630. The number of aromatic nitrogens is 10. The zero-order valence-corrected chi connectivity index (χ0v) is 59.8. The number of aryl methyl sites for hydroxylation is 3. The van der Waals surface area contributed by atoms with E-state index in [0.717, 1.165) is 40.3 Å². The molecule has 0 aliphatic carbocycles.